The molecule has 0 spiro atoms. The zero-order valence-electron chi connectivity index (χ0n) is 16.0. The van der Waals surface area contributed by atoms with Gasteiger partial charge in [-0.25, -0.2) is 13.2 Å². The summed E-state index contributed by atoms with van der Waals surface area (Å²) in [5, 5.41) is 0. The molecule has 140 valence electrons. The maximum Gasteiger partial charge on any atom is 0.409 e. The van der Waals surface area contributed by atoms with Crippen molar-refractivity contribution in [1.82, 2.24) is 9.21 Å². The molecule has 0 aliphatic carbocycles. The highest BCUT2D eigenvalue weighted by Crippen LogP contribution is 2.31. The summed E-state index contributed by atoms with van der Waals surface area (Å²) in [5.41, 5.74) is 4.81. The minimum atomic E-state index is -3.59. The molecule has 1 amide bonds. The molecule has 1 fully saturated rings. The van der Waals surface area contributed by atoms with E-state index in [4.69, 9.17) is 4.74 Å². The molecule has 1 aromatic rings. The second kappa shape index (κ2) is 7.33. The number of ether oxygens (including phenoxy) is 1. The molecule has 25 heavy (non-hydrogen) atoms. The van der Waals surface area contributed by atoms with Crippen molar-refractivity contribution >= 4 is 16.1 Å². The Hall–Kier alpha value is -1.60. The SMILES string of the molecule is CCOC(=O)N1CCN(S(=O)(=O)c2c(C)c(C)c(C)c(C)c2C)CC1. The molecule has 1 aliphatic rings. The van der Waals surface area contributed by atoms with Crippen LogP contribution in [-0.4, -0.2) is 56.5 Å². The van der Waals surface area contributed by atoms with Gasteiger partial charge in [0.25, 0.3) is 0 Å². The second-order valence-corrected chi connectivity index (χ2v) is 8.42. The van der Waals surface area contributed by atoms with Crippen LogP contribution in [0.25, 0.3) is 0 Å². The van der Waals surface area contributed by atoms with Gasteiger partial charge in [-0.2, -0.15) is 4.31 Å². The molecule has 1 aromatic carbocycles. The first-order chi connectivity index (χ1) is 11.6. The molecular formula is C18H28N2O4S. The van der Waals surface area contributed by atoms with E-state index < -0.39 is 10.0 Å². The molecule has 0 N–H and O–H groups in total. The van der Waals surface area contributed by atoms with Gasteiger partial charge < -0.3 is 9.64 Å². The highest BCUT2D eigenvalue weighted by atomic mass is 32.2. The van der Waals surface area contributed by atoms with Crippen molar-refractivity contribution in [2.24, 2.45) is 0 Å². The Bertz CT molecular complexity index is 750. The molecule has 1 heterocycles. The van der Waals surface area contributed by atoms with Gasteiger partial charge in [-0.15, -0.1) is 0 Å². The minimum Gasteiger partial charge on any atom is -0.450 e. The maximum absolute atomic E-state index is 13.2. The lowest BCUT2D eigenvalue weighted by atomic mass is 9.95. The Morgan fingerprint density at radius 3 is 1.76 bits per heavy atom. The van der Waals surface area contributed by atoms with E-state index in [1.165, 1.54) is 4.31 Å². The summed E-state index contributed by atoms with van der Waals surface area (Å²) in [7, 11) is -3.59. The number of piperazine rings is 1. The van der Waals surface area contributed by atoms with E-state index in [9.17, 15) is 13.2 Å². The van der Waals surface area contributed by atoms with Gasteiger partial charge in [0, 0.05) is 26.2 Å². The molecule has 0 unspecified atom stereocenters. The summed E-state index contributed by atoms with van der Waals surface area (Å²) in [6.07, 6.45) is -0.381. The fraction of sp³-hybridized carbons (Fsp3) is 0.611. The standard InChI is InChI=1S/C18H28N2O4S/c1-7-24-18(21)19-8-10-20(11-9-19)25(22,23)17-15(5)13(3)12(2)14(4)16(17)6/h7-11H2,1-6H3. The summed E-state index contributed by atoms with van der Waals surface area (Å²) in [6.45, 7) is 13.0. The van der Waals surface area contributed by atoms with Crippen LogP contribution >= 0.6 is 0 Å². The normalized spacial score (nSPS) is 16.2. The van der Waals surface area contributed by atoms with Crippen LogP contribution in [0.3, 0.4) is 0 Å². The van der Waals surface area contributed by atoms with Crippen LogP contribution in [0, 0.1) is 34.6 Å². The maximum atomic E-state index is 13.2. The van der Waals surface area contributed by atoms with E-state index in [0.717, 1.165) is 27.8 Å². The Kier molecular flexibility index (Phi) is 5.79. The van der Waals surface area contributed by atoms with Gasteiger partial charge in [-0.1, -0.05) is 0 Å². The van der Waals surface area contributed by atoms with Crippen molar-refractivity contribution in [3.8, 4) is 0 Å². The van der Waals surface area contributed by atoms with Gasteiger partial charge in [-0.05, 0) is 69.4 Å². The lowest BCUT2D eigenvalue weighted by Gasteiger charge is -2.34. The summed E-state index contributed by atoms with van der Waals surface area (Å²) < 4.78 is 32.9. The Morgan fingerprint density at radius 2 is 1.32 bits per heavy atom. The first kappa shape index (κ1) is 19.7. The zero-order chi connectivity index (χ0) is 18.9. The predicted octanol–water partition coefficient (Wildman–Crippen LogP) is 2.69. The van der Waals surface area contributed by atoms with E-state index in [-0.39, 0.29) is 19.2 Å². The van der Waals surface area contributed by atoms with Gasteiger partial charge in [0.05, 0.1) is 11.5 Å². The molecular weight excluding hydrogens is 340 g/mol. The minimum absolute atomic E-state index is 0.284. The van der Waals surface area contributed by atoms with Crippen LogP contribution in [0.1, 0.15) is 34.7 Å². The number of carbonyl (C=O) groups excluding carboxylic acids is 1. The van der Waals surface area contributed by atoms with Crippen molar-refractivity contribution in [2.45, 2.75) is 46.4 Å². The Balaban J connectivity index is 2.32. The Labute approximate surface area is 150 Å². The summed E-state index contributed by atoms with van der Waals surface area (Å²) >= 11 is 0. The smallest absolute Gasteiger partial charge is 0.409 e. The van der Waals surface area contributed by atoms with E-state index in [1.807, 2.05) is 34.6 Å². The van der Waals surface area contributed by atoms with Crippen molar-refractivity contribution in [1.29, 1.82) is 0 Å². The fourth-order valence-electron chi connectivity index (χ4n) is 3.31. The molecule has 0 radical (unpaired) electrons. The van der Waals surface area contributed by atoms with E-state index in [2.05, 4.69) is 0 Å². The zero-order valence-corrected chi connectivity index (χ0v) is 16.8. The largest absolute Gasteiger partial charge is 0.450 e. The predicted molar refractivity (Wildman–Crippen MR) is 97.5 cm³/mol. The van der Waals surface area contributed by atoms with Crippen molar-refractivity contribution in [3.05, 3.63) is 27.8 Å². The average Bonchev–Trinajstić information content (AvgIpc) is 2.58. The number of rotatable bonds is 3. The number of hydrogen-bond donors (Lipinski definition) is 0. The van der Waals surface area contributed by atoms with Crippen LogP contribution < -0.4 is 0 Å². The van der Waals surface area contributed by atoms with Crippen molar-refractivity contribution in [3.63, 3.8) is 0 Å². The summed E-state index contributed by atoms with van der Waals surface area (Å²) in [4.78, 5) is 13.8. The van der Waals surface area contributed by atoms with E-state index in [0.29, 0.717) is 24.6 Å². The molecule has 0 bridgehead atoms. The number of nitrogens with zero attached hydrogens (tertiary/aromatic N) is 2. The van der Waals surface area contributed by atoms with Crippen LogP contribution in [0.2, 0.25) is 0 Å². The van der Waals surface area contributed by atoms with Crippen LogP contribution in [0.4, 0.5) is 4.79 Å². The molecule has 0 aromatic heterocycles. The number of benzene rings is 1. The third-order valence-corrected chi connectivity index (χ3v) is 7.47. The van der Waals surface area contributed by atoms with Crippen LogP contribution in [0.15, 0.2) is 4.90 Å². The summed E-state index contributed by atoms with van der Waals surface area (Å²) in [5.74, 6) is 0. The molecule has 1 saturated heterocycles. The van der Waals surface area contributed by atoms with Crippen LogP contribution in [0.5, 0.6) is 0 Å². The first-order valence-electron chi connectivity index (χ1n) is 8.61. The van der Waals surface area contributed by atoms with Gasteiger partial charge in [0.15, 0.2) is 0 Å². The van der Waals surface area contributed by atoms with Crippen molar-refractivity contribution in [2.75, 3.05) is 32.8 Å². The molecule has 2 rings (SSSR count). The van der Waals surface area contributed by atoms with Gasteiger partial charge in [0.1, 0.15) is 0 Å². The molecule has 1 aliphatic heterocycles. The number of amides is 1. The van der Waals surface area contributed by atoms with Crippen molar-refractivity contribution < 1.29 is 17.9 Å². The third-order valence-electron chi connectivity index (χ3n) is 5.29. The van der Waals surface area contributed by atoms with E-state index >= 15 is 0 Å². The topological polar surface area (TPSA) is 66.9 Å². The van der Waals surface area contributed by atoms with Gasteiger partial charge >= 0.3 is 6.09 Å². The Morgan fingerprint density at radius 1 is 0.880 bits per heavy atom. The first-order valence-corrected chi connectivity index (χ1v) is 10.1. The van der Waals surface area contributed by atoms with Gasteiger partial charge in [0.2, 0.25) is 10.0 Å². The number of sulfonamides is 1. The average molecular weight is 368 g/mol. The summed E-state index contributed by atoms with van der Waals surface area (Å²) in [6, 6.07) is 0. The lowest BCUT2D eigenvalue weighted by molar-refractivity contribution is 0.0934. The molecule has 0 saturated carbocycles. The quantitative estimate of drug-likeness (QED) is 0.823. The van der Waals surface area contributed by atoms with E-state index in [1.54, 1.807) is 11.8 Å². The fourth-order valence-corrected chi connectivity index (χ4v) is 5.29. The highest BCUT2D eigenvalue weighted by molar-refractivity contribution is 7.89. The van der Waals surface area contributed by atoms with Gasteiger partial charge in [-0.3, -0.25) is 0 Å². The monoisotopic (exact) mass is 368 g/mol. The number of hydrogen-bond acceptors (Lipinski definition) is 4. The lowest BCUT2D eigenvalue weighted by Crippen LogP contribution is -2.50. The molecule has 6 nitrogen and oxygen atoms in total. The molecule has 7 heteroatoms. The second-order valence-electron chi connectivity index (χ2n) is 6.54. The highest BCUT2D eigenvalue weighted by Gasteiger charge is 2.33. The third kappa shape index (κ3) is 3.53. The van der Waals surface area contributed by atoms with Crippen LogP contribution in [-0.2, 0) is 14.8 Å². The molecule has 0 atom stereocenters. The number of carbonyl (C=O) groups is 1.